The number of morpholine rings is 1. The van der Waals surface area contributed by atoms with E-state index in [0.717, 1.165) is 5.01 Å². The summed E-state index contributed by atoms with van der Waals surface area (Å²) in [6, 6.07) is 0. The predicted molar refractivity (Wildman–Crippen MR) is 54.0 cm³/mol. The van der Waals surface area contributed by atoms with Gasteiger partial charge in [-0.25, -0.2) is 5.84 Å². The molecule has 1 aromatic rings. The third-order valence-corrected chi connectivity index (χ3v) is 2.84. The SMILES string of the molecule is NNc1nnc(CN2CCOCC2=O)s1. The Balaban J connectivity index is 1.98. The van der Waals surface area contributed by atoms with E-state index in [-0.39, 0.29) is 12.5 Å². The first kappa shape index (κ1) is 10.3. The molecule has 0 unspecified atom stereocenters. The van der Waals surface area contributed by atoms with E-state index in [9.17, 15) is 4.79 Å². The van der Waals surface area contributed by atoms with Gasteiger partial charge >= 0.3 is 0 Å². The summed E-state index contributed by atoms with van der Waals surface area (Å²) >= 11 is 1.34. The molecule has 7 nitrogen and oxygen atoms in total. The van der Waals surface area contributed by atoms with E-state index in [0.29, 0.717) is 24.8 Å². The number of ether oxygens (including phenoxy) is 1. The van der Waals surface area contributed by atoms with Crippen molar-refractivity contribution in [2.75, 3.05) is 25.2 Å². The molecule has 1 aromatic heterocycles. The first-order chi connectivity index (χ1) is 7.29. The van der Waals surface area contributed by atoms with Crippen molar-refractivity contribution in [2.45, 2.75) is 6.54 Å². The third kappa shape index (κ3) is 2.41. The molecule has 0 saturated carbocycles. The van der Waals surface area contributed by atoms with Crippen molar-refractivity contribution in [2.24, 2.45) is 5.84 Å². The zero-order valence-corrected chi connectivity index (χ0v) is 8.79. The minimum Gasteiger partial charge on any atom is -0.370 e. The molecule has 2 heterocycles. The second-order valence-corrected chi connectivity index (χ2v) is 4.08. The highest BCUT2D eigenvalue weighted by Crippen LogP contribution is 2.16. The van der Waals surface area contributed by atoms with Crippen LogP contribution in [0.5, 0.6) is 0 Å². The first-order valence-corrected chi connectivity index (χ1v) is 5.26. The smallest absolute Gasteiger partial charge is 0.249 e. The first-order valence-electron chi connectivity index (χ1n) is 4.44. The Morgan fingerprint density at radius 2 is 2.47 bits per heavy atom. The van der Waals surface area contributed by atoms with Crippen LogP contribution in [0.25, 0.3) is 0 Å². The van der Waals surface area contributed by atoms with Crippen LogP contribution in [-0.2, 0) is 16.1 Å². The number of nitrogens with one attached hydrogen (secondary N) is 1. The molecule has 3 N–H and O–H groups in total. The van der Waals surface area contributed by atoms with E-state index in [1.54, 1.807) is 4.90 Å². The number of anilines is 1. The van der Waals surface area contributed by atoms with Crippen LogP contribution in [0.15, 0.2) is 0 Å². The second kappa shape index (κ2) is 4.51. The number of rotatable bonds is 3. The fraction of sp³-hybridized carbons (Fsp3) is 0.571. The fourth-order valence-corrected chi connectivity index (χ4v) is 1.92. The Labute approximate surface area is 90.2 Å². The number of carbonyl (C=O) groups is 1. The van der Waals surface area contributed by atoms with Crippen LogP contribution >= 0.6 is 11.3 Å². The number of hydrogen-bond acceptors (Lipinski definition) is 7. The second-order valence-electron chi connectivity index (χ2n) is 3.01. The summed E-state index contributed by atoms with van der Waals surface area (Å²) in [5, 5.41) is 9.00. The molecule has 82 valence electrons. The Morgan fingerprint density at radius 3 is 3.13 bits per heavy atom. The van der Waals surface area contributed by atoms with Gasteiger partial charge in [-0.1, -0.05) is 11.3 Å². The molecule has 0 bridgehead atoms. The molecule has 1 aliphatic rings. The maximum Gasteiger partial charge on any atom is 0.249 e. The Hall–Kier alpha value is -1.25. The van der Waals surface area contributed by atoms with Gasteiger partial charge in [0.1, 0.15) is 11.6 Å². The molecule has 0 aromatic carbocycles. The highest BCUT2D eigenvalue weighted by atomic mass is 32.1. The van der Waals surface area contributed by atoms with Crippen LogP contribution in [0.3, 0.4) is 0 Å². The summed E-state index contributed by atoms with van der Waals surface area (Å²) in [5.74, 6) is 5.17. The molecule has 1 saturated heterocycles. The number of hydrazine groups is 1. The lowest BCUT2D eigenvalue weighted by atomic mass is 10.4. The highest BCUT2D eigenvalue weighted by molar-refractivity contribution is 7.15. The maximum atomic E-state index is 11.4. The van der Waals surface area contributed by atoms with Gasteiger partial charge in [-0.15, -0.1) is 10.2 Å². The molecule has 1 amide bonds. The van der Waals surface area contributed by atoms with E-state index < -0.39 is 0 Å². The van der Waals surface area contributed by atoms with Gasteiger partial charge in [0, 0.05) is 6.54 Å². The molecule has 2 rings (SSSR count). The van der Waals surface area contributed by atoms with Crippen molar-refractivity contribution in [3.63, 3.8) is 0 Å². The summed E-state index contributed by atoms with van der Waals surface area (Å²) in [4.78, 5) is 13.1. The van der Waals surface area contributed by atoms with Gasteiger partial charge in [0.15, 0.2) is 0 Å². The lowest BCUT2D eigenvalue weighted by Gasteiger charge is -2.25. The number of carbonyl (C=O) groups excluding carboxylic acids is 1. The third-order valence-electron chi connectivity index (χ3n) is 2.00. The average Bonchev–Trinajstić information content (AvgIpc) is 2.69. The monoisotopic (exact) mass is 229 g/mol. The minimum absolute atomic E-state index is 0.0151. The molecular weight excluding hydrogens is 218 g/mol. The number of nitrogen functional groups attached to an aromatic ring is 1. The van der Waals surface area contributed by atoms with E-state index >= 15 is 0 Å². The van der Waals surface area contributed by atoms with Crippen molar-refractivity contribution in [1.29, 1.82) is 0 Å². The number of amides is 1. The Bertz CT molecular complexity index is 355. The summed E-state index contributed by atoms with van der Waals surface area (Å²) in [6.07, 6.45) is 0. The lowest BCUT2D eigenvalue weighted by molar-refractivity contribution is -0.143. The number of aromatic nitrogens is 2. The molecule has 1 fully saturated rings. The number of nitrogens with zero attached hydrogens (tertiary/aromatic N) is 3. The largest absolute Gasteiger partial charge is 0.370 e. The predicted octanol–water partition coefficient (Wildman–Crippen LogP) is -0.817. The van der Waals surface area contributed by atoms with Crippen molar-refractivity contribution < 1.29 is 9.53 Å². The Morgan fingerprint density at radius 1 is 1.60 bits per heavy atom. The lowest BCUT2D eigenvalue weighted by Crippen LogP contribution is -2.40. The number of hydrogen-bond donors (Lipinski definition) is 2. The quantitative estimate of drug-likeness (QED) is 0.519. The summed E-state index contributed by atoms with van der Waals surface area (Å²) in [6.45, 7) is 1.80. The van der Waals surface area contributed by atoms with Crippen LogP contribution in [0.1, 0.15) is 5.01 Å². The minimum atomic E-state index is -0.0151. The van der Waals surface area contributed by atoms with E-state index in [1.807, 2.05) is 0 Å². The Kier molecular flexibility index (Phi) is 3.09. The molecular formula is C7H11N5O2S. The van der Waals surface area contributed by atoms with Crippen LogP contribution in [0, 0.1) is 0 Å². The fourth-order valence-electron chi connectivity index (χ4n) is 1.26. The van der Waals surface area contributed by atoms with Gasteiger partial charge in [-0.05, 0) is 0 Å². The van der Waals surface area contributed by atoms with Gasteiger partial charge in [0.2, 0.25) is 11.0 Å². The van der Waals surface area contributed by atoms with E-state index in [4.69, 9.17) is 10.6 Å². The van der Waals surface area contributed by atoms with Gasteiger partial charge in [0.25, 0.3) is 0 Å². The van der Waals surface area contributed by atoms with Crippen molar-refractivity contribution >= 4 is 22.4 Å². The summed E-state index contributed by atoms with van der Waals surface area (Å²) in [5.41, 5.74) is 2.41. The highest BCUT2D eigenvalue weighted by Gasteiger charge is 2.20. The van der Waals surface area contributed by atoms with Gasteiger partial charge in [0.05, 0.1) is 13.2 Å². The zero-order chi connectivity index (χ0) is 10.7. The molecule has 0 spiro atoms. The van der Waals surface area contributed by atoms with Gasteiger partial charge in [-0.2, -0.15) is 0 Å². The maximum absolute atomic E-state index is 11.4. The summed E-state index contributed by atoms with van der Waals surface area (Å²) in [7, 11) is 0. The molecule has 0 aliphatic carbocycles. The standard InChI is InChI=1S/C7H11N5O2S/c8-9-7-11-10-5(15-7)3-12-1-2-14-4-6(12)13/h1-4,8H2,(H,9,11). The van der Waals surface area contributed by atoms with Crippen LogP contribution in [0.2, 0.25) is 0 Å². The summed E-state index contributed by atoms with van der Waals surface area (Å²) < 4.78 is 5.02. The number of nitrogens with two attached hydrogens (primary N) is 1. The van der Waals surface area contributed by atoms with Crippen LogP contribution in [0.4, 0.5) is 5.13 Å². The molecule has 15 heavy (non-hydrogen) atoms. The zero-order valence-electron chi connectivity index (χ0n) is 7.97. The average molecular weight is 229 g/mol. The van der Waals surface area contributed by atoms with Gasteiger partial charge in [-0.3, -0.25) is 10.2 Å². The van der Waals surface area contributed by atoms with Crippen LogP contribution < -0.4 is 11.3 Å². The molecule has 0 radical (unpaired) electrons. The van der Waals surface area contributed by atoms with Crippen molar-refractivity contribution in [1.82, 2.24) is 15.1 Å². The van der Waals surface area contributed by atoms with E-state index in [1.165, 1.54) is 11.3 Å². The molecule has 8 heteroatoms. The van der Waals surface area contributed by atoms with Crippen LogP contribution in [-0.4, -0.2) is 40.8 Å². The van der Waals surface area contributed by atoms with Gasteiger partial charge < -0.3 is 9.64 Å². The van der Waals surface area contributed by atoms with E-state index in [2.05, 4.69) is 15.6 Å². The molecule has 0 atom stereocenters. The normalized spacial score (nSPS) is 16.9. The topological polar surface area (TPSA) is 93.4 Å². The van der Waals surface area contributed by atoms with Crippen molar-refractivity contribution in [3.05, 3.63) is 5.01 Å². The molecule has 1 aliphatic heterocycles. The van der Waals surface area contributed by atoms with Crippen molar-refractivity contribution in [3.8, 4) is 0 Å².